The molecular weight excluding hydrogens is 196 g/mol. The number of nitrogens with one attached hydrogen (secondary N) is 2. The standard InChI is InChI=1S/C14H24N2/c1-8-11(4-5-15-8)7-16-14-12-9-2-3-10(6-9)13(12)14/h8-16H,2-7H2,1H3. The highest BCUT2D eigenvalue weighted by atomic mass is 15.0. The van der Waals surface area contributed by atoms with Gasteiger partial charge in [0.2, 0.25) is 0 Å². The summed E-state index contributed by atoms with van der Waals surface area (Å²) in [5.41, 5.74) is 0. The van der Waals surface area contributed by atoms with E-state index in [4.69, 9.17) is 0 Å². The molecule has 4 rings (SSSR count). The van der Waals surface area contributed by atoms with Crippen molar-refractivity contribution in [2.75, 3.05) is 13.1 Å². The maximum Gasteiger partial charge on any atom is 0.0136 e. The van der Waals surface area contributed by atoms with E-state index in [0.29, 0.717) is 0 Å². The minimum absolute atomic E-state index is 0.739. The number of rotatable bonds is 3. The molecule has 3 saturated carbocycles. The summed E-state index contributed by atoms with van der Waals surface area (Å²) in [6.45, 7) is 4.85. The number of hydrogen-bond acceptors (Lipinski definition) is 2. The topological polar surface area (TPSA) is 24.1 Å². The molecule has 2 heteroatoms. The van der Waals surface area contributed by atoms with Crippen molar-refractivity contribution in [2.45, 2.75) is 44.7 Å². The Morgan fingerprint density at radius 3 is 2.50 bits per heavy atom. The van der Waals surface area contributed by atoms with Gasteiger partial charge in [-0.3, -0.25) is 0 Å². The molecule has 1 aliphatic heterocycles. The Balaban J connectivity index is 1.31. The first-order valence-corrected chi connectivity index (χ1v) is 7.31. The fourth-order valence-electron chi connectivity index (χ4n) is 5.08. The minimum atomic E-state index is 0.739. The van der Waals surface area contributed by atoms with Gasteiger partial charge in [-0.15, -0.1) is 0 Å². The van der Waals surface area contributed by atoms with Crippen LogP contribution in [0.3, 0.4) is 0 Å². The molecular formula is C14H24N2. The van der Waals surface area contributed by atoms with E-state index in [1.165, 1.54) is 19.5 Å². The van der Waals surface area contributed by atoms with Crippen LogP contribution in [0.1, 0.15) is 32.6 Å². The van der Waals surface area contributed by atoms with Gasteiger partial charge in [-0.25, -0.2) is 0 Å². The molecule has 2 bridgehead atoms. The lowest BCUT2D eigenvalue weighted by Gasteiger charge is -2.17. The van der Waals surface area contributed by atoms with Gasteiger partial charge in [0.15, 0.2) is 0 Å². The molecule has 4 aliphatic rings. The quantitative estimate of drug-likeness (QED) is 0.755. The molecule has 1 heterocycles. The van der Waals surface area contributed by atoms with Gasteiger partial charge in [0, 0.05) is 12.1 Å². The SMILES string of the molecule is CC1NCCC1CNC1C2C3CCC(C3)C12. The summed E-state index contributed by atoms with van der Waals surface area (Å²) in [6.07, 6.45) is 6.05. The number of hydrogen-bond donors (Lipinski definition) is 2. The predicted molar refractivity (Wildman–Crippen MR) is 65.2 cm³/mol. The highest BCUT2D eigenvalue weighted by Gasteiger charge is 2.64. The van der Waals surface area contributed by atoms with E-state index in [0.717, 1.165) is 41.7 Å². The zero-order valence-electron chi connectivity index (χ0n) is 10.3. The van der Waals surface area contributed by atoms with Crippen LogP contribution in [0.5, 0.6) is 0 Å². The summed E-state index contributed by atoms with van der Waals surface area (Å²) in [6, 6.07) is 1.67. The predicted octanol–water partition coefficient (Wildman–Crippen LogP) is 1.62. The first-order chi connectivity index (χ1) is 7.84. The smallest absolute Gasteiger partial charge is 0.0136 e. The minimum Gasteiger partial charge on any atom is -0.314 e. The lowest BCUT2D eigenvalue weighted by Crippen LogP contribution is -2.33. The highest BCUT2D eigenvalue weighted by molar-refractivity contribution is 5.16. The van der Waals surface area contributed by atoms with E-state index in [-0.39, 0.29) is 0 Å². The van der Waals surface area contributed by atoms with Crippen LogP contribution >= 0.6 is 0 Å². The van der Waals surface area contributed by atoms with Crippen LogP contribution in [0.25, 0.3) is 0 Å². The molecule has 0 radical (unpaired) electrons. The van der Waals surface area contributed by atoms with E-state index in [2.05, 4.69) is 17.6 Å². The van der Waals surface area contributed by atoms with Crippen LogP contribution in [-0.2, 0) is 0 Å². The molecule has 0 spiro atoms. The van der Waals surface area contributed by atoms with Crippen LogP contribution in [0.4, 0.5) is 0 Å². The van der Waals surface area contributed by atoms with Gasteiger partial charge >= 0.3 is 0 Å². The van der Waals surface area contributed by atoms with Gasteiger partial charge in [0.1, 0.15) is 0 Å². The van der Waals surface area contributed by atoms with Crippen LogP contribution < -0.4 is 10.6 Å². The average Bonchev–Trinajstić information content (AvgIpc) is 2.70. The van der Waals surface area contributed by atoms with Gasteiger partial charge in [-0.05, 0) is 75.3 Å². The van der Waals surface area contributed by atoms with Gasteiger partial charge in [-0.1, -0.05) is 0 Å². The summed E-state index contributed by atoms with van der Waals surface area (Å²) in [7, 11) is 0. The summed E-state index contributed by atoms with van der Waals surface area (Å²) in [5, 5.41) is 7.45. The highest BCUT2D eigenvalue weighted by Crippen LogP contribution is 2.65. The van der Waals surface area contributed by atoms with Crippen LogP contribution in [0, 0.1) is 29.6 Å². The summed E-state index contributed by atoms with van der Waals surface area (Å²) in [4.78, 5) is 0. The molecule has 16 heavy (non-hydrogen) atoms. The molecule has 0 aromatic carbocycles. The van der Waals surface area contributed by atoms with Crippen molar-refractivity contribution in [2.24, 2.45) is 29.6 Å². The second-order valence-corrected chi connectivity index (χ2v) is 6.71. The third-order valence-corrected chi connectivity index (χ3v) is 6.04. The molecule has 6 atom stereocenters. The average molecular weight is 220 g/mol. The summed E-state index contributed by atoms with van der Waals surface area (Å²) < 4.78 is 0. The van der Waals surface area contributed by atoms with Crippen molar-refractivity contribution in [3.05, 3.63) is 0 Å². The van der Waals surface area contributed by atoms with E-state index < -0.39 is 0 Å². The van der Waals surface area contributed by atoms with E-state index >= 15 is 0 Å². The first-order valence-electron chi connectivity index (χ1n) is 7.31. The third-order valence-electron chi connectivity index (χ3n) is 6.04. The van der Waals surface area contributed by atoms with Gasteiger partial charge < -0.3 is 10.6 Å². The lowest BCUT2D eigenvalue weighted by atomic mass is 10.0. The van der Waals surface area contributed by atoms with E-state index in [1.807, 2.05) is 0 Å². The van der Waals surface area contributed by atoms with Gasteiger partial charge in [0.25, 0.3) is 0 Å². The second-order valence-electron chi connectivity index (χ2n) is 6.71. The fraction of sp³-hybridized carbons (Fsp3) is 1.00. The Morgan fingerprint density at radius 2 is 1.88 bits per heavy atom. The first kappa shape index (κ1) is 9.90. The second kappa shape index (κ2) is 3.46. The zero-order valence-corrected chi connectivity index (χ0v) is 10.3. The molecule has 2 nitrogen and oxygen atoms in total. The van der Waals surface area contributed by atoms with Crippen LogP contribution in [0.2, 0.25) is 0 Å². The van der Waals surface area contributed by atoms with Crippen molar-refractivity contribution < 1.29 is 0 Å². The molecule has 6 unspecified atom stereocenters. The van der Waals surface area contributed by atoms with Gasteiger partial charge in [-0.2, -0.15) is 0 Å². The Morgan fingerprint density at radius 1 is 1.12 bits per heavy atom. The van der Waals surface area contributed by atoms with Crippen molar-refractivity contribution in [3.63, 3.8) is 0 Å². The molecule has 3 aliphatic carbocycles. The Labute approximate surface area is 98.6 Å². The summed E-state index contributed by atoms with van der Waals surface area (Å²) in [5.74, 6) is 5.32. The Hall–Kier alpha value is -0.0800. The zero-order chi connectivity index (χ0) is 10.7. The normalized spacial score (nSPS) is 57.9. The molecule has 2 N–H and O–H groups in total. The molecule has 1 saturated heterocycles. The van der Waals surface area contributed by atoms with Crippen molar-refractivity contribution in [1.29, 1.82) is 0 Å². The molecule has 0 aromatic rings. The van der Waals surface area contributed by atoms with E-state index in [1.54, 1.807) is 19.3 Å². The van der Waals surface area contributed by atoms with Crippen molar-refractivity contribution in [1.82, 2.24) is 10.6 Å². The molecule has 0 amide bonds. The van der Waals surface area contributed by atoms with Crippen LogP contribution in [-0.4, -0.2) is 25.2 Å². The Kier molecular flexibility index (Phi) is 2.14. The maximum absolute atomic E-state index is 3.89. The molecule has 0 aromatic heterocycles. The van der Waals surface area contributed by atoms with Crippen LogP contribution in [0.15, 0.2) is 0 Å². The van der Waals surface area contributed by atoms with E-state index in [9.17, 15) is 0 Å². The van der Waals surface area contributed by atoms with Crippen molar-refractivity contribution in [3.8, 4) is 0 Å². The molecule has 4 fully saturated rings. The molecule has 90 valence electrons. The van der Waals surface area contributed by atoms with Gasteiger partial charge in [0.05, 0.1) is 0 Å². The monoisotopic (exact) mass is 220 g/mol. The third kappa shape index (κ3) is 1.32. The largest absolute Gasteiger partial charge is 0.314 e. The maximum atomic E-state index is 3.89. The van der Waals surface area contributed by atoms with Crippen molar-refractivity contribution >= 4 is 0 Å². The fourth-order valence-corrected chi connectivity index (χ4v) is 5.08. The lowest BCUT2D eigenvalue weighted by molar-refractivity contribution is 0.399. The summed E-state index contributed by atoms with van der Waals surface area (Å²) >= 11 is 0. The Bertz CT molecular complexity index is 274. The number of fused-ring (bicyclic) bond motifs is 5.